The van der Waals surface area contributed by atoms with E-state index >= 15 is 0 Å². The van der Waals surface area contributed by atoms with Gasteiger partial charge in [0.15, 0.2) is 0 Å². The predicted octanol–water partition coefficient (Wildman–Crippen LogP) is 1.84. The van der Waals surface area contributed by atoms with Crippen molar-refractivity contribution >= 4 is 17.6 Å². The van der Waals surface area contributed by atoms with Crippen molar-refractivity contribution in [1.29, 1.82) is 0 Å². The van der Waals surface area contributed by atoms with E-state index in [1.54, 1.807) is 29.4 Å². The van der Waals surface area contributed by atoms with Gasteiger partial charge in [-0.15, -0.1) is 0 Å². The van der Waals surface area contributed by atoms with Gasteiger partial charge in [0.2, 0.25) is 0 Å². The molecule has 1 aromatic carbocycles. The Bertz CT molecular complexity index is 743. The molecule has 3 rings (SSSR count). The zero-order valence-electron chi connectivity index (χ0n) is 14.4. The molecule has 0 unspecified atom stereocenters. The first kappa shape index (κ1) is 17.0. The first-order valence-corrected chi connectivity index (χ1v) is 8.19. The van der Waals surface area contributed by atoms with Crippen molar-refractivity contribution in [3.63, 3.8) is 0 Å². The van der Waals surface area contributed by atoms with Crippen molar-refractivity contribution in [2.75, 3.05) is 38.6 Å². The van der Waals surface area contributed by atoms with Crippen molar-refractivity contribution < 1.29 is 14.0 Å². The minimum Gasteiger partial charge on any atom is -0.468 e. The molecule has 2 aromatic rings. The van der Waals surface area contributed by atoms with E-state index in [-0.39, 0.29) is 18.0 Å². The number of furan rings is 1. The largest absolute Gasteiger partial charge is 0.468 e. The number of carbonyl (C=O) groups excluding carboxylic acids is 2. The van der Waals surface area contributed by atoms with Crippen LogP contribution in [0.5, 0.6) is 0 Å². The molecule has 1 aromatic heterocycles. The SMILES string of the molecule is CN(C)[C@H](CNC(=O)c1cccc(N2CCNC2=O)c1)c1ccco1. The molecule has 132 valence electrons. The average Bonchev–Trinajstić information content (AvgIpc) is 3.26. The van der Waals surface area contributed by atoms with Gasteiger partial charge in [0.1, 0.15) is 5.76 Å². The van der Waals surface area contributed by atoms with Crippen molar-refractivity contribution in [2.45, 2.75) is 6.04 Å². The molecule has 0 radical (unpaired) electrons. The lowest BCUT2D eigenvalue weighted by Crippen LogP contribution is -2.34. The second-order valence-electron chi connectivity index (χ2n) is 6.14. The highest BCUT2D eigenvalue weighted by Crippen LogP contribution is 2.20. The second-order valence-corrected chi connectivity index (χ2v) is 6.14. The van der Waals surface area contributed by atoms with Gasteiger partial charge in [-0.05, 0) is 44.4 Å². The standard InChI is InChI=1S/C18H22N4O3/c1-21(2)15(16-7-4-10-25-16)12-20-17(23)13-5-3-6-14(11-13)22-9-8-19-18(22)24/h3-7,10-11,15H,8-9,12H2,1-2H3,(H,19,24)(H,20,23)/t15-/m1/s1. The van der Waals surface area contributed by atoms with Crippen molar-refractivity contribution in [2.24, 2.45) is 0 Å². The van der Waals surface area contributed by atoms with Gasteiger partial charge in [-0.3, -0.25) is 14.6 Å². The van der Waals surface area contributed by atoms with Crippen LogP contribution in [0.1, 0.15) is 22.2 Å². The quantitative estimate of drug-likeness (QED) is 0.840. The van der Waals surface area contributed by atoms with Crippen LogP contribution in [0.25, 0.3) is 0 Å². The van der Waals surface area contributed by atoms with Crippen LogP contribution in [0.15, 0.2) is 47.1 Å². The summed E-state index contributed by atoms with van der Waals surface area (Å²) in [5.41, 5.74) is 1.24. The van der Waals surface area contributed by atoms with Gasteiger partial charge in [-0.2, -0.15) is 0 Å². The molecule has 1 saturated heterocycles. The zero-order valence-corrected chi connectivity index (χ0v) is 14.4. The van der Waals surface area contributed by atoms with Crippen LogP contribution in [0.2, 0.25) is 0 Å². The maximum Gasteiger partial charge on any atom is 0.321 e. The molecular formula is C18H22N4O3. The molecule has 2 N–H and O–H groups in total. The molecule has 25 heavy (non-hydrogen) atoms. The number of anilines is 1. The average molecular weight is 342 g/mol. The molecule has 1 aliphatic heterocycles. The first-order valence-electron chi connectivity index (χ1n) is 8.19. The lowest BCUT2D eigenvalue weighted by atomic mass is 10.1. The molecule has 0 bridgehead atoms. The Morgan fingerprint density at radius 2 is 2.20 bits per heavy atom. The van der Waals surface area contributed by atoms with Crippen LogP contribution in [-0.4, -0.2) is 50.6 Å². The summed E-state index contributed by atoms with van der Waals surface area (Å²) in [5.74, 6) is 0.618. The summed E-state index contributed by atoms with van der Waals surface area (Å²) in [7, 11) is 3.87. The third-order valence-corrected chi connectivity index (χ3v) is 4.23. The molecule has 1 atom stereocenters. The number of rotatable bonds is 6. The lowest BCUT2D eigenvalue weighted by Gasteiger charge is -2.22. The fourth-order valence-electron chi connectivity index (χ4n) is 2.84. The van der Waals surface area contributed by atoms with Crippen LogP contribution in [-0.2, 0) is 0 Å². The summed E-state index contributed by atoms with van der Waals surface area (Å²) in [6.07, 6.45) is 1.62. The molecule has 7 heteroatoms. The molecule has 0 saturated carbocycles. The Kier molecular flexibility index (Phi) is 5.04. The highest BCUT2D eigenvalue weighted by atomic mass is 16.3. The number of carbonyl (C=O) groups is 2. The fourth-order valence-corrected chi connectivity index (χ4v) is 2.84. The normalized spacial score (nSPS) is 15.3. The molecule has 3 amide bonds. The van der Waals surface area contributed by atoms with Gasteiger partial charge in [0.05, 0.1) is 12.3 Å². The van der Waals surface area contributed by atoms with Crippen molar-refractivity contribution in [1.82, 2.24) is 15.5 Å². The summed E-state index contributed by atoms with van der Waals surface area (Å²) >= 11 is 0. The Balaban J connectivity index is 1.68. The molecule has 0 spiro atoms. The first-order chi connectivity index (χ1) is 12.1. The van der Waals surface area contributed by atoms with Crippen LogP contribution in [0.3, 0.4) is 0 Å². The van der Waals surface area contributed by atoms with E-state index < -0.39 is 0 Å². The maximum atomic E-state index is 12.5. The number of nitrogens with one attached hydrogen (secondary N) is 2. The monoisotopic (exact) mass is 342 g/mol. The third kappa shape index (κ3) is 3.83. The zero-order chi connectivity index (χ0) is 17.8. The van der Waals surface area contributed by atoms with Crippen LogP contribution in [0, 0.1) is 0 Å². The summed E-state index contributed by atoms with van der Waals surface area (Å²) in [5, 5.41) is 5.69. The van der Waals surface area contributed by atoms with E-state index in [0.717, 1.165) is 11.4 Å². The van der Waals surface area contributed by atoms with Crippen LogP contribution >= 0.6 is 0 Å². The molecule has 7 nitrogen and oxygen atoms in total. The number of hydrogen-bond donors (Lipinski definition) is 2. The van der Waals surface area contributed by atoms with Crippen LogP contribution < -0.4 is 15.5 Å². The number of likely N-dealkylation sites (N-methyl/N-ethyl adjacent to an activating group) is 1. The Labute approximate surface area is 146 Å². The predicted molar refractivity (Wildman–Crippen MR) is 94.7 cm³/mol. The van der Waals surface area contributed by atoms with Gasteiger partial charge < -0.3 is 15.1 Å². The summed E-state index contributed by atoms with van der Waals surface area (Å²) in [6.45, 7) is 1.64. The molecule has 1 aliphatic rings. The molecule has 2 heterocycles. The van der Waals surface area contributed by atoms with Gasteiger partial charge in [-0.1, -0.05) is 6.07 Å². The minimum atomic E-state index is -0.181. The molecule has 1 fully saturated rings. The number of nitrogens with zero attached hydrogens (tertiary/aromatic N) is 2. The van der Waals surface area contributed by atoms with Gasteiger partial charge in [0.25, 0.3) is 5.91 Å². The summed E-state index contributed by atoms with van der Waals surface area (Å²) < 4.78 is 5.45. The maximum absolute atomic E-state index is 12.5. The Morgan fingerprint density at radius 3 is 2.84 bits per heavy atom. The van der Waals surface area contributed by atoms with Crippen molar-refractivity contribution in [3.05, 3.63) is 54.0 Å². The number of hydrogen-bond acceptors (Lipinski definition) is 4. The lowest BCUT2D eigenvalue weighted by molar-refractivity contribution is 0.0939. The summed E-state index contributed by atoms with van der Waals surface area (Å²) in [4.78, 5) is 27.9. The van der Waals surface area contributed by atoms with Crippen molar-refractivity contribution in [3.8, 4) is 0 Å². The van der Waals surface area contributed by atoms with E-state index in [2.05, 4.69) is 10.6 Å². The van der Waals surface area contributed by atoms with Crippen LogP contribution in [0.4, 0.5) is 10.5 Å². The van der Waals surface area contributed by atoms with E-state index in [4.69, 9.17) is 4.42 Å². The van der Waals surface area contributed by atoms with E-state index in [9.17, 15) is 9.59 Å². The van der Waals surface area contributed by atoms with Gasteiger partial charge in [-0.25, -0.2) is 4.79 Å². The highest BCUT2D eigenvalue weighted by Gasteiger charge is 2.22. The molecular weight excluding hydrogens is 320 g/mol. The topological polar surface area (TPSA) is 77.8 Å². The van der Waals surface area contributed by atoms with E-state index in [0.29, 0.717) is 25.2 Å². The number of urea groups is 1. The summed E-state index contributed by atoms with van der Waals surface area (Å²) in [6, 6.07) is 10.6. The second kappa shape index (κ2) is 7.40. The number of amides is 3. The Morgan fingerprint density at radius 1 is 1.36 bits per heavy atom. The van der Waals surface area contributed by atoms with E-state index in [1.807, 2.05) is 37.2 Å². The smallest absolute Gasteiger partial charge is 0.321 e. The highest BCUT2D eigenvalue weighted by molar-refractivity contribution is 5.98. The fraction of sp³-hybridized carbons (Fsp3) is 0.333. The third-order valence-electron chi connectivity index (χ3n) is 4.23. The van der Waals surface area contributed by atoms with E-state index in [1.165, 1.54) is 0 Å². The molecule has 0 aliphatic carbocycles. The minimum absolute atomic E-state index is 0.0495. The Hall–Kier alpha value is -2.80. The van der Waals surface area contributed by atoms with Gasteiger partial charge in [0, 0.05) is 30.9 Å². The van der Waals surface area contributed by atoms with Gasteiger partial charge >= 0.3 is 6.03 Å². The number of benzene rings is 1.